The van der Waals surface area contributed by atoms with Gasteiger partial charge in [0.05, 0.1) is 36.2 Å². The van der Waals surface area contributed by atoms with Crippen LogP contribution in [0, 0.1) is 0 Å². The van der Waals surface area contributed by atoms with E-state index in [2.05, 4.69) is 15.5 Å². The monoisotopic (exact) mass is 541 g/mol. The molecule has 0 fully saturated rings. The van der Waals surface area contributed by atoms with Crippen LogP contribution >= 0.6 is 34.5 Å². The van der Waals surface area contributed by atoms with E-state index in [4.69, 9.17) is 37.4 Å². The fraction of sp³-hybridized carbons (Fsp3) is 0.115. The number of ether oxygens (including phenoxy) is 3. The van der Waals surface area contributed by atoms with E-state index in [1.807, 2.05) is 18.4 Å². The highest BCUT2D eigenvalue weighted by Crippen LogP contribution is 2.32. The molecule has 4 aromatic rings. The summed E-state index contributed by atoms with van der Waals surface area (Å²) in [6, 6.07) is 17.2. The molecule has 36 heavy (non-hydrogen) atoms. The number of methoxy groups -OCH3 is 1. The molecular formula is C26H21Cl2N3O4S. The number of halogens is 2. The van der Waals surface area contributed by atoms with Crippen molar-refractivity contribution in [2.75, 3.05) is 19.1 Å². The first kappa shape index (κ1) is 25.5. The molecule has 0 atom stereocenters. The quantitative estimate of drug-likeness (QED) is 0.104. The fourth-order valence-electron chi connectivity index (χ4n) is 3.17. The first-order valence-electron chi connectivity index (χ1n) is 10.8. The summed E-state index contributed by atoms with van der Waals surface area (Å²) >= 11 is 13.6. The number of aromatic nitrogens is 1. The first-order chi connectivity index (χ1) is 17.5. The Kier molecular flexibility index (Phi) is 8.43. The van der Waals surface area contributed by atoms with Gasteiger partial charge in [0.25, 0.3) is 0 Å². The molecule has 0 bridgehead atoms. The molecule has 0 aliphatic rings. The van der Waals surface area contributed by atoms with E-state index in [1.54, 1.807) is 60.8 Å². The van der Waals surface area contributed by atoms with Gasteiger partial charge in [0, 0.05) is 16.0 Å². The molecule has 0 aliphatic carbocycles. The minimum atomic E-state index is -0.515. The Morgan fingerprint density at radius 2 is 1.97 bits per heavy atom. The summed E-state index contributed by atoms with van der Waals surface area (Å²) in [7, 11) is 1.54. The topological polar surface area (TPSA) is 82.0 Å². The zero-order valence-electron chi connectivity index (χ0n) is 19.3. The van der Waals surface area contributed by atoms with Gasteiger partial charge in [0.1, 0.15) is 5.75 Å². The molecule has 184 valence electrons. The Morgan fingerprint density at radius 1 is 1.11 bits per heavy atom. The number of nitrogens with one attached hydrogen (secondary N) is 1. The van der Waals surface area contributed by atoms with Crippen molar-refractivity contribution in [1.29, 1.82) is 0 Å². The number of anilines is 1. The number of benzene rings is 3. The van der Waals surface area contributed by atoms with Crippen LogP contribution in [0.3, 0.4) is 0 Å². The molecule has 1 aromatic heterocycles. The zero-order valence-corrected chi connectivity index (χ0v) is 21.7. The third-order valence-electron chi connectivity index (χ3n) is 4.86. The van der Waals surface area contributed by atoms with E-state index in [1.165, 1.54) is 18.4 Å². The van der Waals surface area contributed by atoms with E-state index >= 15 is 0 Å². The summed E-state index contributed by atoms with van der Waals surface area (Å²) in [5, 5.41) is 7.83. The lowest BCUT2D eigenvalue weighted by Crippen LogP contribution is -2.10. The van der Waals surface area contributed by atoms with Crippen LogP contribution in [0.4, 0.5) is 5.13 Å². The average Bonchev–Trinajstić information content (AvgIpc) is 3.34. The number of carbonyl (C=O) groups excluding carboxylic acids is 1. The molecule has 4 rings (SSSR count). The average molecular weight is 542 g/mol. The molecule has 0 radical (unpaired) electrons. The van der Waals surface area contributed by atoms with Gasteiger partial charge in [-0.3, -0.25) is 5.43 Å². The minimum absolute atomic E-state index is 0.305. The Bertz CT molecular complexity index is 1410. The van der Waals surface area contributed by atoms with E-state index in [0.717, 1.165) is 16.8 Å². The van der Waals surface area contributed by atoms with Crippen LogP contribution < -0.4 is 19.6 Å². The summed E-state index contributed by atoms with van der Waals surface area (Å²) in [6.45, 7) is 2.25. The molecule has 7 nitrogen and oxygen atoms in total. The van der Waals surface area contributed by atoms with Crippen molar-refractivity contribution in [3.05, 3.63) is 87.2 Å². The van der Waals surface area contributed by atoms with Crippen LogP contribution in [0.15, 0.2) is 71.1 Å². The van der Waals surface area contributed by atoms with Crippen LogP contribution in [-0.2, 0) is 0 Å². The van der Waals surface area contributed by atoms with Crippen molar-refractivity contribution in [3.63, 3.8) is 0 Å². The van der Waals surface area contributed by atoms with Gasteiger partial charge in [-0.25, -0.2) is 9.78 Å². The van der Waals surface area contributed by atoms with Crippen LogP contribution in [0.25, 0.3) is 11.3 Å². The number of thiazole rings is 1. The summed E-state index contributed by atoms with van der Waals surface area (Å²) in [5.41, 5.74) is 5.53. The number of nitrogens with zero attached hydrogens (tertiary/aromatic N) is 2. The van der Waals surface area contributed by atoms with Crippen molar-refractivity contribution >= 4 is 51.9 Å². The van der Waals surface area contributed by atoms with Gasteiger partial charge in [-0.2, -0.15) is 5.10 Å². The van der Waals surface area contributed by atoms with Crippen LogP contribution in [-0.4, -0.2) is 30.9 Å². The highest BCUT2D eigenvalue weighted by molar-refractivity contribution is 7.14. The van der Waals surface area contributed by atoms with Gasteiger partial charge < -0.3 is 14.2 Å². The van der Waals surface area contributed by atoms with Gasteiger partial charge in [-0.05, 0) is 67.1 Å². The van der Waals surface area contributed by atoms with Crippen LogP contribution in [0.5, 0.6) is 17.2 Å². The second kappa shape index (κ2) is 11.9. The van der Waals surface area contributed by atoms with Gasteiger partial charge in [-0.15, -0.1) is 11.3 Å². The second-order valence-electron chi connectivity index (χ2n) is 7.29. The van der Waals surface area contributed by atoms with Gasteiger partial charge >= 0.3 is 5.97 Å². The van der Waals surface area contributed by atoms with E-state index < -0.39 is 5.97 Å². The molecule has 0 spiro atoms. The molecule has 0 saturated carbocycles. The SMILES string of the molecule is CCOc1cc(C=NNc2nc(-c3ccc(Cl)cc3Cl)cs2)ccc1OC(=O)c1cccc(OC)c1. The first-order valence-corrected chi connectivity index (χ1v) is 12.4. The maximum absolute atomic E-state index is 12.6. The van der Waals surface area contributed by atoms with Crippen molar-refractivity contribution in [2.45, 2.75) is 6.92 Å². The third-order valence-corrected chi connectivity index (χ3v) is 6.16. The highest BCUT2D eigenvalue weighted by Gasteiger charge is 2.14. The number of hydrazone groups is 1. The maximum Gasteiger partial charge on any atom is 0.343 e. The predicted molar refractivity (Wildman–Crippen MR) is 144 cm³/mol. The lowest BCUT2D eigenvalue weighted by Gasteiger charge is -2.11. The highest BCUT2D eigenvalue weighted by atomic mass is 35.5. The number of rotatable bonds is 9. The molecule has 0 aliphatic heterocycles. The molecule has 1 heterocycles. The summed E-state index contributed by atoms with van der Waals surface area (Å²) in [5.74, 6) is 0.779. The van der Waals surface area contributed by atoms with Crippen molar-refractivity contribution in [3.8, 4) is 28.5 Å². The Hall–Kier alpha value is -3.59. The van der Waals surface area contributed by atoms with Crippen LogP contribution in [0.2, 0.25) is 10.0 Å². The molecule has 0 saturated heterocycles. The Morgan fingerprint density at radius 3 is 2.75 bits per heavy atom. The van der Waals surface area contributed by atoms with E-state index in [0.29, 0.717) is 44.6 Å². The van der Waals surface area contributed by atoms with Gasteiger partial charge in [0.2, 0.25) is 5.13 Å². The fourth-order valence-corrected chi connectivity index (χ4v) is 4.34. The summed E-state index contributed by atoms with van der Waals surface area (Å²) < 4.78 is 16.4. The molecule has 10 heteroatoms. The van der Waals surface area contributed by atoms with Gasteiger partial charge in [-0.1, -0.05) is 29.3 Å². The number of hydrogen-bond donors (Lipinski definition) is 1. The van der Waals surface area contributed by atoms with Crippen LogP contribution in [0.1, 0.15) is 22.8 Å². The van der Waals surface area contributed by atoms with Crippen molar-refractivity contribution in [2.24, 2.45) is 5.10 Å². The summed E-state index contributed by atoms with van der Waals surface area (Å²) in [4.78, 5) is 17.1. The molecule has 0 amide bonds. The molecule has 1 N–H and O–H groups in total. The van der Waals surface area contributed by atoms with Crippen molar-refractivity contribution < 1.29 is 19.0 Å². The standard InChI is InChI=1S/C26H21Cl2N3O4S/c1-3-34-24-11-16(7-10-23(24)35-25(32)17-5-4-6-19(12-17)33-2)14-29-31-26-30-22(15-36-26)20-9-8-18(27)13-21(20)28/h4-15H,3H2,1-2H3,(H,30,31). The number of esters is 1. The molecule has 3 aromatic carbocycles. The van der Waals surface area contributed by atoms with E-state index in [9.17, 15) is 4.79 Å². The summed E-state index contributed by atoms with van der Waals surface area (Å²) in [6.07, 6.45) is 1.62. The van der Waals surface area contributed by atoms with Crippen molar-refractivity contribution in [1.82, 2.24) is 4.98 Å². The smallest absolute Gasteiger partial charge is 0.343 e. The molecule has 0 unspecified atom stereocenters. The molecular weight excluding hydrogens is 521 g/mol. The zero-order chi connectivity index (χ0) is 25.5. The minimum Gasteiger partial charge on any atom is -0.497 e. The normalized spacial score (nSPS) is 10.9. The number of carbonyl (C=O) groups is 1. The number of hydrogen-bond acceptors (Lipinski definition) is 8. The van der Waals surface area contributed by atoms with E-state index in [-0.39, 0.29) is 0 Å². The third kappa shape index (κ3) is 6.34. The Balaban J connectivity index is 1.44. The lowest BCUT2D eigenvalue weighted by atomic mass is 10.2. The van der Waals surface area contributed by atoms with Gasteiger partial charge in [0.15, 0.2) is 11.5 Å². The lowest BCUT2D eigenvalue weighted by molar-refractivity contribution is 0.0728. The maximum atomic E-state index is 12.6. The Labute approximate surface area is 222 Å². The second-order valence-corrected chi connectivity index (χ2v) is 8.99. The largest absolute Gasteiger partial charge is 0.497 e. The predicted octanol–water partition coefficient (Wildman–Crippen LogP) is 7.19.